The fraction of sp³-hybridized carbons (Fsp3) is 0.214. The van der Waals surface area contributed by atoms with Crippen molar-refractivity contribution in [1.82, 2.24) is 0 Å². The van der Waals surface area contributed by atoms with Crippen molar-refractivity contribution in [2.45, 2.75) is 12.2 Å². The molecule has 0 bridgehead atoms. The van der Waals surface area contributed by atoms with Crippen LogP contribution in [0.1, 0.15) is 11.7 Å². The summed E-state index contributed by atoms with van der Waals surface area (Å²) in [6.45, 7) is 0. The van der Waals surface area contributed by atoms with E-state index in [-0.39, 0.29) is 6.10 Å². The van der Waals surface area contributed by atoms with Crippen molar-refractivity contribution >= 4 is 16.7 Å². The maximum absolute atomic E-state index is 11.1. The van der Waals surface area contributed by atoms with E-state index in [9.17, 15) is 4.79 Å². The molecule has 1 aliphatic heterocycles. The van der Waals surface area contributed by atoms with Gasteiger partial charge in [0.1, 0.15) is 11.9 Å². The molecule has 1 fully saturated rings. The predicted octanol–water partition coefficient (Wildman–Crippen LogP) is 1.77. The van der Waals surface area contributed by atoms with Crippen LogP contribution in [0.15, 0.2) is 36.4 Å². The summed E-state index contributed by atoms with van der Waals surface area (Å²) in [7, 11) is 1.61. The zero-order valence-corrected chi connectivity index (χ0v) is 9.92. The highest BCUT2D eigenvalue weighted by atomic mass is 16.6. The number of ether oxygens (including phenoxy) is 2. The van der Waals surface area contributed by atoms with Gasteiger partial charge < -0.3 is 15.2 Å². The molecule has 2 aromatic rings. The van der Waals surface area contributed by atoms with Crippen molar-refractivity contribution in [3.05, 3.63) is 42.0 Å². The Balaban J connectivity index is 2.16. The van der Waals surface area contributed by atoms with E-state index in [1.807, 2.05) is 36.4 Å². The second kappa shape index (κ2) is 3.99. The van der Waals surface area contributed by atoms with Crippen molar-refractivity contribution in [1.29, 1.82) is 0 Å². The second-order valence-electron chi connectivity index (χ2n) is 4.28. The molecular weight excluding hydrogens is 230 g/mol. The summed E-state index contributed by atoms with van der Waals surface area (Å²) in [4.78, 5) is 11.1. The van der Waals surface area contributed by atoms with Crippen LogP contribution >= 0.6 is 0 Å². The molecule has 0 aliphatic carbocycles. The number of hydrogen-bond donors (Lipinski definition) is 1. The van der Waals surface area contributed by atoms with Crippen molar-refractivity contribution in [2.24, 2.45) is 5.73 Å². The fourth-order valence-corrected chi connectivity index (χ4v) is 2.30. The molecule has 0 aromatic heterocycles. The van der Waals surface area contributed by atoms with Crippen LogP contribution in [0.25, 0.3) is 10.8 Å². The molecule has 1 amide bonds. The quantitative estimate of drug-likeness (QED) is 0.835. The van der Waals surface area contributed by atoms with Gasteiger partial charge in [0.25, 0.3) is 0 Å². The van der Waals surface area contributed by atoms with Crippen molar-refractivity contribution in [2.75, 3.05) is 7.11 Å². The molecule has 0 radical (unpaired) electrons. The topological polar surface area (TPSA) is 64.8 Å². The lowest BCUT2D eigenvalue weighted by Gasteiger charge is -2.09. The molecule has 2 atom stereocenters. The number of methoxy groups -OCH3 is 1. The van der Waals surface area contributed by atoms with Gasteiger partial charge in [-0.15, -0.1) is 0 Å². The Morgan fingerprint density at radius 1 is 1.28 bits per heavy atom. The molecule has 92 valence electrons. The molecule has 1 saturated heterocycles. The minimum absolute atomic E-state index is 0.288. The third-order valence-corrected chi connectivity index (χ3v) is 3.21. The number of fused-ring (bicyclic) bond motifs is 1. The zero-order chi connectivity index (χ0) is 12.7. The lowest BCUT2D eigenvalue weighted by atomic mass is 9.99. The number of carbonyl (C=O) groups excluding carboxylic acids is 1. The standard InChI is InChI=1S/C14H13NO3/c1-17-10-7-6-8-4-2-3-5-9(8)11(10)12-13(18-12)14(15)16/h2-7,12-13H,1H3,(H2,15,16). The average Bonchev–Trinajstić information content (AvgIpc) is 3.17. The summed E-state index contributed by atoms with van der Waals surface area (Å²) < 4.78 is 10.7. The molecule has 2 aromatic carbocycles. The molecule has 1 heterocycles. The molecule has 0 spiro atoms. The summed E-state index contributed by atoms with van der Waals surface area (Å²) in [5.41, 5.74) is 6.16. The van der Waals surface area contributed by atoms with Crippen molar-refractivity contribution < 1.29 is 14.3 Å². The van der Waals surface area contributed by atoms with Gasteiger partial charge in [0, 0.05) is 5.56 Å². The smallest absolute Gasteiger partial charge is 0.249 e. The van der Waals surface area contributed by atoms with Crippen LogP contribution in [-0.2, 0) is 9.53 Å². The molecule has 4 heteroatoms. The first-order chi connectivity index (χ1) is 8.72. The maximum atomic E-state index is 11.1. The zero-order valence-electron chi connectivity index (χ0n) is 9.92. The van der Waals surface area contributed by atoms with Crippen LogP contribution in [0, 0.1) is 0 Å². The molecular formula is C14H13NO3. The molecule has 2 N–H and O–H groups in total. The number of carbonyl (C=O) groups is 1. The van der Waals surface area contributed by atoms with E-state index >= 15 is 0 Å². The van der Waals surface area contributed by atoms with Crippen LogP contribution in [0.4, 0.5) is 0 Å². The minimum Gasteiger partial charge on any atom is -0.496 e. The molecule has 3 rings (SSSR count). The van der Waals surface area contributed by atoms with Crippen LogP contribution in [-0.4, -0.2) is 19.1 Å². The minimum atomic E-state index is -0.537. The van der Waals surface area contributed by atoms with Crippen molar-refractivity contribution in [3.63, 3.8) is 0 Å². The number of benzene rings is 2. The number of epoxide rings is 1. The fourth-order valence-electron chi connectivity index (χ4n) is 2.30. The van der Waals surface area contributed by atoms with E-state index in [1.165, 1.54) is 0 Å². The number of nitrogens with two attached hydrogens (primary N) is 1. The van der Waals surface area contributed by atoms with E-state index in [2.05, 4.69) is 0 Å². The SMILES string of the molecule is COc1ccc2ccccc2c1C1OC1C(N)=O. The first-order valence-electron chi connectivity index (χ1n) is 5.73. The van der Waals surface area contributed by atoms with Gasteiger partial charge in [0.05, 0.1) is 7.11 Å². The van der Waals surface area contributed by atoms with Crippen molar-refractivity contribution in [3.8, 4) is 5.75 Å². The van der Waals surface area contributed by atoms with Crippen LogP contribution in [0.2, 0.25) is 0 Å². The van der Waals surface area contributed by atoms with Gasteiger partial charge in [0.15, 0.2) is 6.10 Å². The third kappa shape index (κ3) is 1.62. The summed E-state index contributed by atoms with van der Waals surface area (Å²) in [6.07, 6.45) is -0.826. The molecule has 2 unspecified atom stereocenters. The summed E-state index contributed by atoms with van der Waals surface area (Å²) in [5, 5.41) is 2.12. The lowest BCUT2D eigenvalue weighted by Crippen LogP contribution is -2.18. The highest BCUT2D eigenvalue weighted by Gasteiger charge is 2.47. The Morgan fingerprint density at radius 2 is 2.06 bits per heavy atom. The predicted molar refractivity (Wildman–Crippen MR) is 67.3 cm³/mol. The third-order valence-electron chi connectivity index (χ3n) is 3.21. The number of hydrogen-bond acceptors (Lipinski definition) is 3. The monoisotopic (exact) mass is 243 g/mol. The summed E-state index contributed by atoms with van der Waals surface area (Å²) >= 11 is 0. The normalized spacial score (nSPS) is 21.8. The molecule has 18 heavy (non-hydrogen) atoms. The van der Waals surface area contributed by atoms with Gasteiger partial charge in [-0.05, 0) is 16.8 Å². The largest absolute Gasteiger partial charge is 0.496 e. The van der Waals surface area contributed by atoms with Gasteiger partial charge >= 0.3 is 0 Å². The molecule has 0 saturated carbocycles. The summed E-state index contributed by atoms with van der Waals surface area (Å²) in [6, 6.07) is 11.8. The Morgan fingerprint density at radius 3 is 2.72 bits per heavy atom. The Kier molecular flexibility index (Phi) is 2.45. The number of rotatable bonds is 3. The van der Waals surface area contributed by atoms with E-state index in [0.717, 1.165) is 22.1 Å². The van der Waals surface area contributed by atoms with E-state index < -0.39 is 12.0 Å². The van der Waals surface area contributed by atoms with Crippen LogP contribution in [0.3, 0.4) is 0 Å². The molecule has 4 nitrogen and oxygen atoms in total. The first-order valence-corrected chi connectivity index (χ1v) is 5.73. The second-order valence-corrected chi connectivity index (χ2v) is 4.28. The van der Waals surface area contributed by atoms with Crippen LogP contribution < -0.4 is 10.5 Å². The highest BCUT2D eigenvalue weighted by molar-refractivity contribution is 5.91. The van der Waals surface area contributed by atoms with E-state index in [0.29, 0.717) is 0 Å². The average molecular weight is 243 g/mol. The van der Waals surface area contributed by atoms with Crippen LogP contribution in [0.5, 0.6) is 5.75 Å². The first kappa shape index (κ1) is 11.0. The number of amides is 1. The summed E-state index contributed by atoms with van der Waals surface area (Å²) in [5.74, 6) is 0.289. The Labute approximate surface area is 104 Å². The highest BCUT2D eigenvalue weighted by Crippen LogP contribution is 2.46. The Hall–Kier alpha value is -2.07. The van der Waals surface area contributed by atoms with Gasteiger partial charge in [-0.1, -0.05) is 30.3 Å². The maximum Gasteiger partial charge on any atom is 0.249 e. The van der Waals surface area contributed by atoms with Gasteiger partial charge in [-0.2, -0.15) is 0 Å². The number of primary amides is 1. The van der Waals surface area contributed by atoms with Gasteiger partial charge in [-0.3, -0.25) is 4.79 Å². The lowest BCUT2D eigenvalue weighted by molar-refractivity contribution is -0.119. The van der Waals surface area contributed by atoms with Gasteiger partial charge in [0.2, 0.25) is 5.91 Å². The Bertz CT molecular complexity index is 623. The van der Waals surface area contributed by atoms with E-state index in [1.54, 1.807) is 7.11 Å². The van der Waals surface area contributed by atoms with E-state index in [4.69, 9.17) is 15.2 Å². The van der Waals surface area contributed by atoms with Gasteiger partial charge in [-0.25, -0.2) is 0 Å². The molecule has 1 aliphatic rings.